The van der Waals surface area contributed by atoms with Crippen LogP contribution < -0.4 is 0 Å². The Balaban J connectivity index is 2.92. The quantitative estimate of drug-likeness (QED) is 0.631. The third-order valence-corrected chi connectivity index (χ3v) is 3.36. The topological polar surface area (TPSA) is 50.1 Å². The fourth-order valence-electron chi connectivity index (χ4n) is 1.96. The van der Waals surface area contributed by atoms with E-state index in [4.69, 9.17) is 10.00 Å². The Morgan fingerprint density at radius 3 is 2.78 bits per heavy atom. The molecule has 0 fully saturated rings. The van der Waals surface area contributed by atoms with E-state index in [2.05, 4.69) is 22.0 Å². The molecule has 0 aromatic heterocycles. The summed E-state index contributed by atoms with van der Waals surface area (Å²) in [5, 5.41) is 11.3. The molecule has 0 N–H and O–H groups in total. The maximum Gasteiger partial charge on any atom is 0.338 e. The summed E-state index contributed by atoms with van der Waals surface area (Å²) in [6, 6.07) is 11.4. The number of ether oxygens (including phenoxy) is 1. The summed E-state index contributed by atoms with van der Waals surface area (Å²) in [4.78, 5) is 11.9. The van der Waals surface area contributed by atoms with Crippen molar-refractivity contribution in [3.8, 4) is 6.07 Å². The van der Waals surface area contributed by atoms with Gasteiger partial charge in [-0.25, -0.2) is 4.79 Å². The van der Waals surface area contributed by atoms with Crippen molar-refractivity contribution in [2.75, 3.05) is 7.11 Å². The van der Waals surface area contributed by atoms with Gasteiger partial charge in [-0.05, 0) is 22.4 Å². The molecule has 0 aliphatic carbocycles. The molecule has 0 saturated carbocycles. The van der Waals surface area contributed by atoms with Crippen LogP contribution in [0.5, 0.6) is 0 Å². The van der Waals surface area contributed by atoms with Crippen molar-refractivity contribution in [1.29, 1.82) is 5.26 Å². The molecule has 0 aliphatic heterocycles. The number of alkyl halides is 1. The average Bonchev–Trinajstić information content (AvgIpc) is 2.44. The predicted molar refractivity (Wildman–Crippen MR) is 72.6 cm³/mol. The number of benzene rings is 2. The van der Waals surface area contributed by atoms with E-state index in [1.165, 1.54) is 7.11 Å². The second kappa shape index (κ2) is 5.19. The van der Waals surface area contributed by atoms with Gasteiger partial charge < -0.3 is 4.74 Å². The molecule has 0 saturated heterocycles. The highest BCUT2D eigenvalue weighted by molar-refractivity contribution is 9.08. The van der Waals surface area contributed by atoms with Crippen molar-refractivity contribution < 1.29 is 9.53 Å². The SMILES string of the molecule is COC(=O)c1c(CBr)c(C#N)cc2ccccc12. The van der Waals surface area contributed by atoms with Crippen molar-refractivity contribution in [3.63, 3.8) is 0 Å². The zero-order valence-corrected chi connectivity index (χ0v) is 11.3. The molecule has 2 rings (SSSR count). The molecule has 2 aromatic carbocycles. The average molecular weight is 304 g/mol. The monoisotopic (exact) mass is 303 g/mol. The molecule has 18 heavy (non-hydrogen) atoms. The van der Waals surface area contributed by atoms with Gasteiger partial charge in [0.2, 0.25) is 0 Å². The van der Waals surface area contributed by atoms with Gasteiger partial charge in [-0.1, -0.05) is 40.2 Å². The van der Waals surface area contributed by atoms with Crippen molar-refractivity contribution in [1.82, 2.24) is 0 Å². The maximum absolute atomic E-state index is 11.9. The number of hydrogen-bond acceptors (Lipinski definition) is 3. The van der Waals surface area contributed by atoms with E-state index in [-0.39, 0.29) is 0 Å². The number of fused-ring (bicyclic) bond motifs is 1. The number of rotatable bonds is 2. The summed E-state index contributed by atoms with van der Waals surface area (Å²) in [6.07, 6.45) is 0. The highest BCUT2D eigenvalue weighted by Crippen LogP contribution is 2.28. The molecular formula is C14H10BrNO2. The van der Waals surface area contributed by atoms with Crippen LogP contribution in [0.15, 0.2) is 30.3 Å². The van der Waals surface area contributed by atoms with E-state index < -0.39 is 5.97 Å². The number of hydrogen-bond donors (Lipinski definition) is 0. The van der Waals surface area contributed by atoms with Gasteiger partial charge in [-0.2, -0.15) is 5.26 Å². The summed E-state index contributed by atoms with van der Waals surface area (Å²) in [5.41, 5.74) is 1.62. The molecule has 0 amide bonds. The maximum atomic E-state index is 11.9. The first-order valence-corrected chi connectivity index (χ1v) is 6.44. The summed E-state index contributed by atoms with van der Waals surface area (Å²) in [7, 11) is 1.34. The number of halogens is 1. The Bertz CT molecular complexity index is 659. The molecular weight excluding hydrogens is 294 g/mol. The van der Waals surface area contributed by atoms with Gasteiger partial charge in [-0.15, -0.1) is 0 Å². The van der Waals surface area contributed by atoms with Gasteiger partial charge in [0.05, 0.1) is 24.3 Å². The number of esters is 1. The lowest BCUT2D eigenvalue weighted by molar-refractivity contribution is 0.0602. The van der Waals surface area contributed by atoms with Gasteiger partial charge in [-0.3, -0.25) is 0 Å². The molecule has 2 aromatic rings. The van der Waals surface area contributed by atoms with Gasteiger partial charge >= 0.3 is 5.97 Å². The van der Waals surface area contributed by atoms with Crippen LogP contribution in [0.3, 0.4) is 0 Å². The third kappa shape index (κ3) is 1.98. The van der Waals surface area contributed by atoms with E-state index in [9.17, 15) is 4.79 Å². The standard InChI is InChI=1S/C14H10BrNO2/c1-18-14(17)13-11-5-3-2-4-9(11)6-10(8-16)12(13)7-15/h2-6H,7H2,1H3. The summed E-state index contributed by atoms with van der Waals surface area (Å²) >= 11 is 3.32. The van der Waals surface area contributed by atoms with Crippen molar-refractivity contribution in [2.24, 2.45) is 0 Å². The zero-order valence-electron chi connectivity index (χ0n) is 9.74. The van der Waals surface area contributed by atoms with Gasteiger partial charge in [0, 0.05) is 5.33 Å². The van der Waals surface area contributed by atoms with Crippen LogP contribution in [0.4, 0.5) is 0 Å². The van der Waals surface area contributed by atoms with E-state index in [1.54, 1.807) is 6.07 Å². The lowest BCUT2D eigenvalue weighted by Crippen LogP contribution is -2.07. The molecule has 90 valence electrons. The molecule has 3 nitrogen and oxygen atoms in total. The second-order valence-corrected chi connectivity index (χ2v) is 4.30. The first kappa shape index (κ1) is 12.6. The summed E-state index contributed by atoms with van der Waals surface area (Å²) in [6.45, 7) is 0. The number of methoxy groups -OCH3 is 1. The van der Waals surface area contributed by atoms with Crippen molar-refractivity contribution in [3.05, 3.63) is 47.0 Å². The number of carbonyl (C=O) groups excluding carboxylic acids is 1. The van der Waals surface area contributed by atoms with Gasteiger partial charge in [0.15, 0.2) is 0 Å². The highest BCUT2D eigenvalue weighted by atomic mass is 79.9. The minimum atomic E-state index is -0.419. The number of nitrogens with zero attached hydrogens (tertiary/aromatic N) is 1. The molecule has 0 bridgehead atoms. The van der Waals surface area contributed by atoms with Crippen LogP contribution in [0.2, 0.25) is 0 Å². The largest absolute Gasteiger partial charge is 0.465 e. The number of nitriles is 1. The van der Waals surface area contributed by atoms with Crippen LogP contribution in [0.25, 0.3) is 10.8 Å². The first-order chi connectivity index (χ1) is 8.72. The highest BCUT2D eigenvalue weighted by Gasteiger charge is 2.18. The molecule has 0 aliphatic rings. The van der Waals surface area contributed by atoms with Crippen LogP contribution >= 0.6 is 15.9 Å². The molecule has 0 radical (unpaired) electrons. The smallest absolute Gasteiger partial charge is 0.338 e. The summed E-state index contributed by atoms with van der Waals surface area (Å²) < 4.78 is 4.82. The van der Waals surface area contributed by atoms with Crippen LogP contribution in [-0.4, -0.2) is 13.1 Å². The van der Waals surface area contributed by atoms with E-state index in [0.717, 1.165) is 10.8 Å². The lowest BCUT2D eigenvalue weighted by Gasteiger charge is -2.11. The Morgan fingerprint density at radius 1 is 1.44 bits per heavy atom. The lowest BCUT2D eigenvalue weighted by atomic mass is 9.95. The van der Waals surface area contributed by atoms with E-state index >= 15 is 0 Å². The number of carbonyl (C=O) groups is 1. The Labute approximate surface area is 113 Å². The minimum Gasteiger partial charge on any atom is -0.465 e. The Kier molecular flexibility index (Phi) is 3.63. The fraction of sp³-hybridized carbons (Fsp3) is 0.143. The molecule has 0 spiro atoms. The van der Waals surface area contributed by atoms with E-state index in [1.807, 2.05) is 24.3 Å². The van der Waals surface area contributed by atoms with Crippen molar-refractivity contribution in [2.45, 2.75) is 5.33 Å². The normalized spacial score (nSPS) is 10.1. The van der Waals surface area contributed by atoms with Crippen LogP contribution in [-0.2, 0) is 10.1 Å². The third-order valence-electron chi connectivity index (χ3n) is 2.80. The molecule has 4 heteroatoms. The molecule has 0 heterocycles. The Morgan fingerprint density at radius 2 is 2.17 bits per heavy atom. The molecule has 0 unspecified atom stereocenters. The van der Waals surface area contributed by atoms with Crippen LogP contribution in [0, 0.1) is 11.3 Å². The van der Waals surface area contributed by atoms with Crippen molar-refractivity contribution >= 4 is 32.7 Å². The van der Waals surface area contributed by atoms with Gasteiger partial charge in [0.1, 0.15) is 0 Å². The van der Waals surface area contributed by atoms with Gasteiger partial charge in [0.25, 0.3) is 0 Å². The van der Waals surface area contributed by atoms with Crippen LogP contribution in [0.1, 0.15) is 21.5 Å². The first-order valence-electron chi connectivity index (χ1n) is 5.32. The second-order valence-electron chi connectivity index (χ2n) is 3.74. The fourth-order valence-corrected chi connectivity index (χ4v) is 2.55. The zero-order chi connectivity index (χ0) is 13.1. The predicted octanol–water partition coefficient (Wildman–Crippen LogP) is 3.39. The Hall–Kier alpha value is -1.86. The molecule has 0 atom stereocenters. The summed E-state index contributed by atoms with van der Waals surface area (Å²) in [5.74, 6) is -0.419. The van der Waals surface area contributed by atoms with E-state index in [0.29, 0.717) is 22.0 Å². The minimum absolute atomic E-state index is 0.419.